The molecule has 0 aromatic heterocycles. The van der Waals surface area contributed by atoms with Crippen molar-refractivity contribution in [3.05, 3.63) is 34.2 Å². The van der Waals surface area contributed by atoms with Crippen LogP contribution in [0.1, 0.15) is 58.1 Å². The molecule has 0 bridgehead atoms. The molecule has 1 aromatic rings. The van der Waals surface area contributed by atoms with Crippen LogP contribution in [0.5, 0.6) is 0 Å². The molecule has 2 unspecified atom stereocenters. The fraction of sp³-hybridized carbons (Fsp3) is 0.500. The Morgan fingerprint density at radius 2 is 2.07 bits per heavy atom. The number of thioether (sulfide) groups is 1. The first-order chi connectivity index (χ1) is 13.6. The summed E-state index contributed by atoms with van der Waals surface area (Å²) >= 11 is 0.856. The first-order valence-electron chi connectivity index (χ1n) is 9.87. The van der Waals surface area contributed by atoms with Crippen molar-refractivity contribution in [1.82, 2.24) is 4.90 Å². The lowest BCUT2D eigenvalue weighted by molar-refractivity contribution is -0.148. The molecule has 7 heteroatoms. The number of amides is 2. The van der Waals surface area contributed by atoms with Gasteiger partial charge in [-0.05, 0) is 81.1 Å². The third-order valence-corrected chi connectivity index (χ3v) is 6.66. The van der Waals surface area contributed by atoms with Crippen LogP contribution in [0.2, 0.25) is 0 Å². The van der Waals surface area contributed by atoms with Gasteiger partial charge in [0, 0.05) is 17.8 Å². The maximum absolute atomic E-state index is 12.7. The Hall–Kier alpha value is -2.28. The molecular formula is C22H28N2O4S. The summed E-state index contributed by atoms with van der Waals surface area (Å²) in [6, 6.07) is 5.24. The summed E-state index contributed by atoms with van der Waals surface area (Å²) < 4.78 is 4.67. The second kappa shape index (κ2) is 7.86. The summed E-state index contributed by atoms with van der Waals surface area (Å²) in [7, 11) is 1.24. The highest BCUT2D eigenvalue weighted by Gasteiger charge is 2.41. The molecule has 6 nitrogen and oxygen atoms in total. The Morgan fingerprint density at radius 3 is 2.69 bits per heavy atom. The number of imide groups is 1. The minimum absolute atomic E-state index is 0.0926. The van der Waals surface area contributed by atoms with Crippen LogP contribution in [0.25, 0.3) is 6.08 Å². The molecular weight excluding hydrogens is 388 g/mol. The number of hydrogen-bond donors (Lipinski definition) is 0. The lowest BCUT2D eigenvalue weighted by atomic mass is 9.79. The van der Waals surface area contributed by atoms with Crippen LogP contribution in [-0.4, -0.2) is 47.3 Å². The molecule has 0 N–H and O–H groups in total. The Morgan fingerprint density at radius 1 is 1.38 bits per heavy atom. The van der Waals surface area contributed by atoms with E-state index in [1.807, 2.05) is 6.07 Å². The molecule has 0 saturated carbocycles. The van der Waals surface area contributed by atoms with Gasteiger partial charge in [0.15, 0.2) is 0 Å². The molecule has 2 aliphatic heterocycles. The minimum atomic E-state index is -0.942. The summed E-state index contributed by atoms with van der Waals surface area (Å²) in [5.41, 5.74) is 3.44. The van der Waals surface area contributed by atoms with E-state index < -0.39 is 23.2 Å². The van der Waals surface area contributed by atoms with Crippen LogP contribution in [0.3, 0.4) is 0 Å². The van der Waals surface area contributed by atoms with E-state index >= 15 is 0 Å². The van der Waals surface area contributed by atoms with Gasteiger partial charge in [-0.2, -0.15) is 0 Å². The van der Waals surface area contributed by atoms with Crippen molar-refractivity contribution in [2.75, 3.05) is 18.6 Å². The number of carbonyl (C=O) groups is 3. The van der Waals surface area contributed by atoms with Crippen LogP contribution in [0, 0.1) is 0 Å². The number of hydrogen-bond acceptors (Lipinski definition) is 6. The van der Waals surface area contributed by atoms with Crippen molar-refractivity contribution in [3.8, 4) is 0 Å². The number of rotatable bonds is 4. The van der Waals surface area contributed by atoms with Gasteiger partial charge in [0.2, 0.25) is 0 Å². The molecule has 2 aliphatic rings. The quantitative estimate of drug-likeness (QED) is 0.535. The zero-order valence-electron chi connectivity index (χ0n) is 17.8. The smallest absolute Gasteiger partial charge is 0.328 e. The molecule has 0 aliphatic carbocycles. The van der Waals surface area contributed by atoms with Gasteiger partial charge in [0.05, 0.1) is 12.0 Å². The average molecular weight is 417 g/mol. The topological polar surface area (TPSA) is 66.9 Å². The predicted molar refractivity (Wildman–Crippen MR) is 116 cm³/mol. The summed E-state index contributed by atoms with van der Waals surface area (Å²) in [5.74, 6) is -0.677. The molecule has 29 heavy (non-hydrogen) atoms. The Balaban J connectivity index is 1.93. The van der Waals surface area contributed by atoms with Gasteiger partial charge in [0.1, 0.15) is 6.04 Å². The summed E-state index contributed by atoms with van der Waals surface area (Å²) in [4.78, 5) is 40.5. The zero-order valence-corrected chi connectivity index (χ0v) is 18.6. The fourth-order valence-electron chi connectivity index (χ4n) is 4.44. The number of benzene rings is 1. The number of carbonyl (C=O) groups excluding carboxylic acids is 3. The van der Waals surface area contributed by atoms with Gasteiger partial charge in [0.25, 0.3) is 11.1 Å². The molecule has 1 saturated heterocycles. The third kappa shape index (κ3) is 3.80. The highest BCUT2D eigenvalue weighted by molar-refractivity contribution is 8.18. The van der Waals surface area contributed by atoms with E-state index in [1.165, 1.54) is 25.3 Å². The van der Waals surface area contributed by atoms with Crippen LogP contribution in [-0.2, 0) is 14.3 Å². The lowest BCUT2D eigenvalue weighted by Crippen LogP contribution is -2.48. The number of fused-ring (bicyclic) bond motifs is 1. The Bertz CT molecular complexity index is 893. The molecule has 1 aromatic carbocycles. The van der Waals surface area contributed by atoms with E-state index in [1.54, 1.807) is 6.08 Å². The maximum atomic E-state index is 12.7. The molecule has 3 rings (SSSR count). The van der Waals surface area contributed by atoms with Gasteiger partial charge in [-0.25, -0.2) is 4.79 Å². The van der Waals surface area contributed by atoms with Crippen molar-refractivity contribution in [2.24, 2.45) is 0 Å². The Kier molecular flexibility index (Phi) is 5.81. The molecule has 2 heterocycles. The van der Waals surface area contributed by atoms with Crippen molar-refractivity contribution in [3.63, 3.8) is 0 Å². The van der Waals surface area contributed by atoms with E-state index in [0.29, 0.717) is 10.8 Å². The van der Waals surface area contributed by atoms with E-state index in [-0.39, 0.29) is 5.54 Å². The summed E-state index contributed by atoms with van der Waals surface area (Å²) in [6.45, 7) is 11.3. The highest BCUT2D eigenvalue weighted by atomic mass is 32.2. The van der Waals surface area contributed by atoms with Crippen LogP contribution in [0.15, 0.2) is 23.1 Å². The van der Waals surface area contributed by atoms with E-state index in [9.17, 15) is 14.4 Å². The van der Waals surface area contributed by atoms with Crippen LogP contribution in [0.4, 0.5) is 10.5 Å². The Labute approximate surface area is 176 Å². The fourth-order valence-corrected chi connectivity index (χ4v) is 5.35. The molecule has 0 spiro atoms. The van der Waals surface area contributed by atoms with Crippen molar-refractivity contribution in [1.29, 1.82) is 0 Å². The van der Waals surface area contributed by atoms with Crippen molar-refractivity contribution >= 4 is 40.6 Å². The standard InChI is InChI=1S/C22H28N2O4S/c1-7-23-17-9-8-15(10-16(17)13(2)12-22(23,4)5)11-18-19(25)24(21(27)29-18)14(3)20(26)28-6/h8-11,13-14H,7,12H2,1-6H3/b18-11-. The highest BCUT2D eigenvalue weighted by Crippen LogP contribution is 2.44. The van der Waals surface area contributed by atoms with E-state index in [4.69, 9.17) is 0 Å². The maximum Gasteiger partial charge on any atom is 0.328 e. The minimum Gasteiger partial charge on any atom is -0.467 e. The molecule has 156 valence electrons. The second-order valence-corrected chi connectivity index (χ2v) is 9.22. The molecule has 2 amide bonds. The zero-order chi connectivity index (χ0) is 21.5. The molecule has 1 fully saturated rings. The van der Waals surface area contributed by atoms with Crippen molar-refractivity contribution < 1.29 is 19.1 Å². The summed E-state index contributed by atoms with van der Waals surface area (Å²) in [6.07, 6.45) is 2.78. The predicted octanol–water partition coefficient (Wildman–Crippen LogP) is 4.40. The van der Waals surface area contributed by atoms with Gasteiger partial charge in [-0.1, -0.05) is 13.0 Å². The number of nitrogens with zero attached hydrogens (tertiary/aromatic N) is 2. The molecule has 2 atom stereocenters. The SMILES string of the molecule is CCN1c2ccc(/C=C3\SC(=O)N(C(C)C(=O)OC)C3=O)cc2C(C)CC1(C)C. The normalized spacial score (nSPS) is 23.4. The second-order valence-electron chi connectivity index (χ2n) is 8.23. The summed E-state index contributed by atoms with van der Waals surface area (Å²) in [5, 5.41) is -0.454. The lowest BCUT2D eigenvalue weighted by Gasteiger charge is -2.47. The van der Waals surface area contributed by atoms with Gasteiger partial charge in [-0.3, -0.25) is 14.5 Å². The largest absolute Gasteiger partial charge is 0.467 e. The number of methoxy groups -OCH3 is 1. The number of anilines is 1. The third-order valence-electron chi connectivity index (χ3n) is 5.78. The van der Waals surface area contributed by atoms with Gasteiger partial charge in [-0.15, -0.1) is 0 Å². The van der Waals surface area contributed by atoms with Gasteiger partial charge >= 0.3 is 5.97 Å². The molecule has 0 radical (unpaired) electrons. The van der Waals surface area contributed by atoms with Crippen LogP contribution < -0.4 is 4.90 Å². The average Bonchev–Trinajstić information content (AvgIpc) is 2.93. The van der Waals surface area contributed by atoms with Crippen LogP contribution >= 0.6 is 11.8 Å². The number of ether oxygens (including phenoxy) is 1. The number of esters is 1. The first-order valence-corrected chi connectivity index (χ1v) is 10.7. The van der Waals surface area contributed by atoms with Gasteiger partial charge < -0.3 is 9.64 Å². The van der Waals surface area contributed by atoms with E-state index in [2.05, 4.69) is 49.5 Å². The first kappa shape index (κ1) is 21.4. The monoisotopic (exact) mass is 416 g/mol. The van der Waals surface area contributed by atoms with Crippen molar-refractivity contribution in [2.45, 2.75) is 58.5 Å². The van der Waals surface area contributed by atoms with E-state index in [0.717, 1.165) is 35.2 Å².